The maximum Gasteiger partial charge on any atom is 0.227 e. The van der Waals surface area contributed by atoms with Crippen LogP contribution in [0.5, 0.6) is 5.75 Å². The average Bonchev–Trinajstić information content (AvgIpc) is 2.42. The van der Waals surface area contributed by atoms with Gasteiger partial charge >= 0.3 is 0 Å². The van der Waals surface area contributed by atoms with Crippen molar-refractivity contribution in [3.63, 3.8) is 0 Å². The molecule has 1 amide bonds. The summed E-state index contributed by atoms with van der Waals surface area (Å²) in [5, 5.41) is 0. The van der Waals surface area contributed by atoms with Crippen LogP contribution in [0.3, 0.4) is 0 Å². The normalized spacial score (nSPS) is 22.1. The lowest BCUT2D eigenvalue weighted by Crippen LogP contribution is -2.48. The summed E-state index contributed by atoms with van der Waals surface area (Å²) >= 11 is 0. The Balaban J connectivity index is 0.00000200. The van der Waals surface area contributed by atoms with Crippen LogP contribution in [-0.4, -0.2) is 37.0 Å². The van der Waals surface area contributed by atoms with E-state index in [1.54, 1.807) is 7.11 Å². The molecule has 2 N–H and O–H groups in total. The molecule has 1 saturated heterocycles. The molecule has 2 unspecified atom stereocenters. The first-order valence-corrected chi connectivity index (χ1v) is 6.76. The third-order valence-corrected chi connectivity index (χ3v) is 3.84. The number of benzene rings is 1. The van der Waals surface area contributed by atoms with Crippen LogP contribution in [0.4, 0.5) is 0 Å². The minimum Gasteiger partial charge on any atom is -0.497 e. The van der Waals surface area contributed by atoms with Crippen LogP contribution in [0.2, 0.25) is 0 Å². The number of carbonyl (C=O) groups excluding carboxylic acids is 1. The maximum atomic E-state index is 12.2. The van der Waals surface area contributed by atoms with Gasteiger partial charge in [0.25, 0.3) is 0 Å². The molecule has 2 rings (SSSR count). The lowest BCUT2D eigenvalue weighted by Gasteiger charge is -2.35. The highest BCUT2D eigenvalue weighted by molar-refractivity contribution is 5.85. The fourth-order valence-corrected chi connectivity index (χ4v) is 2.42. The Labute approximate surface area is 126 Å². The highest BCUT2D eigenvalue weighted by Gasteiger charge is 2.25. The summed E-state index contributed by atoms with van der Waals surface area (Å²) in [6.07, 6.45) is 1.35. The van der Waals surface area contributed by atoms with E-state index >= 15 is 0 Å². The van der Waals surface area contributed by atoms with Gasteiger partial charge in [0.05, 0.1) is 13.5 Å². The number of halogens is 1. The molecule has 0 aliphatic carbocycles. The monoisotopic (exact) mass is 298 g/mol. The van der Waals surface area contributed by atoms with Crippen LogP contribution >= 0.6 is 12.4 Å². The summed E-state index contributed by atoms with van der Waals surface area (Å²) < 4.78 is 5.11. The Morgan fingerprint density at radius 1 is 1.40 bits per heavy atom. The molecule has 0 bridgehead atoms. The summed E-state index contributed by atoms with van der Waals surface area (Å²) in [7, 11) is 1.64. The van der Waals surface area contributed by atoms with Crippen molar-refractivity contribution in [2.45, 2.75) is 25.8 Å². The first kappa shape index (κ1) is 16.8. The van der Waals surface area contributed by atoms with Crippen molar-refractivity contribution in [3.05, 3.63) is 29.8 Å². The summed E-state index contributed by atoms with van der Waals surface area (Å²) in [6.45, 7) is 3.66. The maximum absolute atomic E-state index is 12.2. The number of hydrogen-bond acceptors (Lipinski definition) is 3. The topological polar surface area (TPSA) is 55.6 Å². The van der Waals surface area contributed by atoms with Crippen molar-refractivity contribution in [2.24, 2.45) is 11.7 Å². The van der Waals surface area contributed by atoms with E-state index < -0.39 is 0 Å². The molecule has 2 atom stereocenters. The van der Waals surface area contributed by atoms with E-state index in [9.17, 15) is 4.79 Å². The van der Waals surface area contributed by atoms with E-state index in [4.69, 9.17) is 10.5 Å². The predicted molar refractivity (Wildman–Crippen MR) is 82.3 cm³/mol. The molecule has 1 heterocycles. The molecule has 0 spiro atoms. The van der Waals surface area contributed by atoms with Gasteiger partial charge in [0.15, 0.2) is 0 Å². The van der Waals surface area contributed by atoms with Gasteiger partial charge in [-0.3, -0.25) is 4.79 Å². The van der Waals surface area contributed by atoms with E-state index in [2.05, 4.69) is 6.92 Å². The van der Waals surface area contributed by atoms with E-state index in [1.807, 2.05) is 29.2 Å². The summed E-state index contributed by atoms with van der Waals surface area (Å²) in [6, 6.07) is 7.88. The summed E-state index contributed by atoms with van der Waals surface area (Å²) in [4.78, 5) is 14.2. The molecule has 0 radical (unpaired) electrons. The number of likely N-dealkylation sites (tertiary alicyclic amines) is 1. The van der Waals surface area contributed by atoms with Gasteiger partial charge in [-0.15, -0.1) is 12.4 Å². The van der Waals surface area contributed by atoms with Crippen LogP contribution in [0.1, 0.15) is 18.9 Å². The smallest absolute Gasteiger partial charge is 0.227 e. The second-order valence-corrected chi connectivity index (χ2v) is 5.29. The van der Waals surface area contributed by atoms with E-state index in [1.165, 1.54) is 0 Å². The molecule has 5 heteroatoms. The molecule has 0 aromatic heterocycles. The number of nitrogens with zero attached hydrogens (tertiary/aromatic N) is 1. The van der Waals surface area contributed by atoms with E-state index in [0.29, 0.717) is 12.3 Å². The van der Waals surface area contributed by atoms with Crippen molar-refractivity contribution in [3.8, 4) is 5.75 Å². The number of ether oxygens (including phenoxy) is 1. The van der Waals surface area contributed by atoms with E-state index in [0.717, 1.165) is 30.8 Å². The highest BCUT2D eigenvalue weighted by atomic mass is 35.5. The molecule has 112 valence electrons. The molecule has 1 aliphatic rings. The van der Waals surface area contributed by atoms with Gasteiger partial charge in [-0.25, -0.2) is 0 Å². The molecule has 1 aromatic carbocycles. The van der Waals surface area contributed by atoms with E-state index in [-0.39, 0.29) is 24.4 Å². The minimum absolute atomic E-state index is 0. The van der Waals surface area contributed by atoms with Gasteiger partial charge in [0.1, 0.15) is 5.75 Å². The van der Waals surface area contributed by atoms with Gasteiger partial charge in [-0.2, -0.15) is 0 Å². The lowest BCUT2D eigenvalue weighted by molar-refractivity contribution is -0.132. The molecule has 1 aromatic rings. The predicted octanol–water partition coefficient (Wildman–Crippen LogP) is 1.86. The number of carbonyl (C=O) groups is 1. The molecule has 20 heavy (non-hydrogen) atoms. The van der Waals surface area contributed by atoms with Crippen LogP contribution in [-0.2, 0) is 11.2 Å². The van der Waals surface area contributed by atoms with Gasteiger partial charge in [0.2, 0.25) is 5.91 Å². The van der Waals surface area contributed by atoms with Crippen molar-refractivity contribution in [1.82, 2.24) is 4.90 Å². The van der Waals surface area contributed by atoms with Gasteiger partial charge in [-0.1, -0.05) is 19.1 Å². The van der Waals surface area contributed by atoms with Crippen LogP contribution < -0.4 is 10.5 Å². The van der Waals surface area contributed by atoms with Gasteiger partial charge < -0.3 is 15.4 Å². The molecule has 1 fully saturated rings. The van der Waals surface area contributed by atoms with Crippen molar-refractivity contribution < 1.29 is 9.53 Å². The SMILES string of the molecule is COc1ccc(CC(=O)N2CCC(N)C(C)C2)cc1.Cl. The molecule has 4 nitrogen and oxygen atoms in total. The number of methoxy groups -OCH3 is 1. The standard InChI is InChI=1S/C15H22N2O2.ClH/c1-11-10-17(8-7-14(11)16)15(18)9-12-3-5-13(19-2)6-4-12;/h3-6,11,14H,7-10,16H2,1-2H3;1H. The molecule has 0 saturated carbocycles. The fraction of sp³-hybridized carbons (Fsp3) is 0.533. The molecule has 1 aliphatic heterocycles. The van der Waals surface area contributed by atoms with Crippen molar-refractivity contribution in [2.75, 3.05) is 20.2 Å². The fourth-order valence-electron chi connectivity index (χ4n) is 2.42. The zero-order valence-corrected chi connectivity index (χ0v) is 12.9. The average molecular weight is 299 g/mol. The Kier molecular flexibility index (Phi) is 6.30. The number of nitrogens with two attached hydrogens (primary N) is 1. The zero-order valence-electron chi connectivity index (χ0n) is 12.0. The summed E-state index contributed by atoms with van der Waals surface area (Å²) in [5.41, 5.74) is 6.99. The van der Waals surface area contributed by atoms with Crippen LogP contribution in [0.25, 0.3) is 0 Å². The Morgan fingerprint density at radius 2 is 2.05 bits per heavy atom. The number of amides is 1. The highest BCUT2D eigenvalue weighted by Crippen LogP contribution is 2.17. The number of piperidine rings is 1. The zero-order chi connectivity index (χ0) is 13.8. The lowest BCUT2D eigenvalue weighted by atomic mass is 9.94. The van der Waals surface area contributed by atoms with Crippen LogP contribution in [0, 0.1) is 5.92 Å². The van der Waals surface area contributed by atoms with Gasteiger partial charge in [0, 0.05) is 19.1 Å². The number of hydrogen-bond donors (Lipinski definition) is 1. The van der Waals surface area contributed by atoms with Crippen molar-refractivity contribution >= 4 is 18.3 Å². The molecular formula is C15H23ClN2O2. The quantitative estimate of drug-likeness (QED) is 0.926. The Morgan fingerprint density at radius 3 is 2.60 bits per heavy atom. The third-order valence-electron chi connectivity index (χ3n) is 3.84. The Hall–Kier alpha value is -1.26. The first-order chi connectivity index (χ1) is 9.10. The minimum atomic E-state index is 0. The van der Waals surface area contributed by atoms with Gasteiger partial charge in [-0.05, 0) is 30.0 Å². The first-order valence-electron chi connectivity index (χ1n) is 6.76. The summed E-state index contributed by atoms with van der Waals surface area (Å²) in [5.74, 6) is 1.38. The second kappa shape index (κ2) is 7.50. The largest absolute Gasteiger partial charge is 0.497 e. The Bertz CT molecular complexity index is 436. The van der Waals surface area contributed by atoms with Crippen LogP contribution in [0.15, 0.2) is 24.3 Å². The third kappa shape index (κ3) is 4.12. The number of rotatable bonds is 3. The second-order valence-electron chi connectivity index (χ2n) is 5.29. The molecular weight excluding hydrogens is 276 g/mol. The van der Waals surface area contributed by atoms with Crippen molar-refractivity contribution in [1.29, 1.82) is 0 Å².